The van der Waals surface area contributed by atoms with Crippen LogP contribution in [0.2, 0.25) is 0 Å². The summed E-state index contributed by atoms with van der Waals surface area (Å²) in [5, 5.41) is 0.818. The predicted molar refractivity (Wildman–Crippen MR) is 89.6 cm³/mol. The lowest BCUT2D eigenvalue weighted by Crippen LogP contribution is -2.24. The van der Waals surface area contributed by atoms with Gasteiger partial charge in [-0.25, -0.2) is 14.2 Å². The Hall–Kier alpha value is -2.80. The molecule has 3 heterocycles. The van der Waals surface area contributed by atoms with Crippen molar-refractivity contribution in [1.29, 1.82) is 0 Å². The van der Waals surface area contributed by atoms with Crippen molar-refractivity contribution in [2.45, 2.75) is 13.5 Å². The summed E-state index contributed by atoms with van der Waals surface area (Å²) in [7, 11) is 0. The predicted octanol–water partition coefficient (Wildman–Crippen LogP) is 3.61. The number of aromatic nitrogens is 3. The van der Waals surface area contributed by atoms with Crippen LogP contribution in [0.25, 0.3) is 21.8 Å². The Morgan fingerprint density at radius 1 is 1.25 bits per heavy atom. The number of hydrogen-bond donors (Lipinski definition) is 0. The minimum atomic E-state index is -0.415. The van der Waals surface area contributed by atoms with Crippen LogP contribution in [0.5, 0.6) is 0 Å². The van der Waals surface area contributed by atoms with Crippen LogP contribution in [0.4, 0.5) is 4.39 Å². The molecule has 3 aromatic heterocycles. The molecule has 4 aromatic rings. The first kappa shape index (κ1) is 14.8. The third-order valence-electron chi connectivity index (χ3n) is 3.61. The SMILES string of the molecule is Cc1nc2c(-c3ccco3)nc(=O)n(Cc3cccc(F)c3)c2s1. The Morgan fingerprint density at radius 2 is 2.12 bits per heavy atom. The molecule has 0 spiro atoms. The summed E-state index contributed by atoms with van der Waals surface area (Å²) in [6.45, 7) is 2.10. The van der Waals surface area contributed by atoms with E-state index in [1.165, 1.54) is 34.3 Å². The standard InChI is InChI=1S/C17H12FN3O2S/c1-10-19-15-14(13-6-3-7-23-13)20-17(22)21(16(15)24-10)9-11-4-2-5-12(18)8-11/h2-8H,9H2,1H3. The summed E-state index contributed by atoms with van der Waals surface area (Å²) < 4.78 is 20.3. The van der Waals surface area contributed by atoms with Crippen molar-refractivity contribution in [2.75, 3.05) is 0 Å². The Morgan fingerprint density at radius 3 is 2.88 bits per heavy atom. The van der Waals surface area contributed by atoms with Crippen molar-refractivity contribution in [3.8, 4) is 11.5 Å². The van der Waals surface area contributed by atoms with Crippen LogP contribution < -0.4 is 5.69 Å². The number of rotatable bonds is 3. The lowest BCUT2D eigenvalue weighted by Gasteiger charge is -2.08. The van der Waals surface area contributed by atoms with E-state index in [0.717, 1.165) is 5.01 Å². The quantitative estimate of drug-likeness (QED) is 0.571. The molecule has 120 valence electrons. The number of thiazole rings is 1. The van der Waals surface area contributed by atoms with Crippen molar-refractivity contribution >= 4 is 21.7 Å². The van der Waals surface area contributed by atoms with E-state index in [4.69, 9.17) is 4.42 Å². The number of benzene rings is 1. The van der Waals surface area contributed by atoms with Gasteiger partial charge in [0.2, 0.25) is 0 Å². The summed E-state index contributed by atoms with van der Waals surface area (Å²) in [5.74, 6) is 0.165. The van der Waals surface area contributed by atoms with Gasteiger partial charge in [-0.05, 0) is 36.8 Å². The molecule has 0 fully saturated rings. The van der Waals surface area contributed by atoms with Crippen molar-refractivity contribution in [3.63, 3.8) is 0 Å². The van der Waals surface area contributed by atoms with E-state index in [-0.39, 0.29) is 12.4 Å². The maximum absolute atomic E-state index is 13.4. The van der Waals surface area contributed by atoms with Crippen molar-refractivity contribution in [2.24, 2.45) is 0 Å². The fourth-order valence-corrected chi connectivity index (χ4v) is 3.50. The lowest BCUT2D eigenvalue weighted by molar-refractivity contribution is 0.579. The van der Waals surface area contributed by atoms with Gasteiger partial charge < -0.3 is 4.42 Å². The minimum Gasteiger partial charge on any atom is -0.463 e. The number of halogens is 1. The van der Waals surface area contributed by atoms with Crippen LogP contribution in [-0.2, 0) is 6.54 Å². The minimum absolute atomic E-state index is 0.236. The molecule has 0 aliphatic rings. The van der Waals surface area contributed by atoms with Gasteiger partial charge in [0.05, 0.1) is 17.8 Å². The molecule has 0 atom stereocenters. The number of aryl methyl sites for hydroxylation is 1. The Bertz CT molecular complexity index is 1080. The molecule has 0 amide bonds. The fraction of sp³-hybridized carbons (Fsp3) is 0.118. The topological polar surface area (TPSA) is 60.9 Å². The number of fused-ring (bicyclic) bond motifs is 1. The molecule has 0 saturated carbocycles. The molecule has 24 heavy (non-hydrogen) atoms. The van der Waals surface area contributed by atoms with E-state index < -0.39 is 5.69 Å². The van der Waals surface area contributed by atoms with Gasteiger partial charge >= 0.3 is 5.69 Å². The molecule has 0 radical (unpaired) electrons. The van der Waals surface area contributed by atoms with Gasteiger partial charge in [-0.1, -0.05) is 12.1 Å². The maximum atomic E-state index is 13.4. The van der Waals surface area contributed by atoms with Gasteiger partial charge in [-0.15, -0.1) is 11.3 Å². The summed E-state index contributed by atoms with van der Waals surface area (Å²) in [4.78, 5) is 21.9. The first-order valence-electron chi connectivity index (χ1n) is 7.28. The van der Waals surface area contributed by atoms with Crippen molar-refractivity contribution in [3.05, 3.63) is 69.5 Å². The van der Waals surface area contributed by atoms with Gasteiger partial charge in [-0.3, -0.25) is 4.57 Å². The maximum Gasteiger partial charge on any atom is 0.349 e. The second kappa shape index (κ2) is 5.68. The number of hydrogen-bond acceptors (Lipinski definition) is 5. The summed E-state index contributed by atoms with van der Waals surface area (Å²) in [6, 6.07) is 9.65. The molecule has 5 nitrogen and oxygen atoms in total. The normalized spacial score (nSPS) is 11.2. The van der Waals surface area contributed by atoms with Gasteiger partial charge in [0.25, 0.3) is 0 Å². The molecule has 0 saturated heterocycles. The fourth-order valence-electron chi connectivity index (χ4n) is 2.59. The Kier molecular flexibility index (Phi) is 3.50. The molecule has 0 bridgehead atoms. The van der Waals surface area contributed by atoms with E-state index >= 15 is 0 Å². The van der Waals surface area contributed by atoms with Crippen LogP contribution in [0.3, 0.4) is 0 Å². The van der Waals surface area contributed by atoms with Gasteiger partial charge in [0, 0.05) is 0 Å². The zero-order valence-corrected chi connectivity index (χ0v) is 13.5. The van der Waals surface area contributed by atoms with Crippen LogP contribution in [0.1, 0.15) is 10.6 Å². The first-order valence-corrected chi connectivity index (χ1v) is 8.10. The lowest BCUT2D eigenvalue weighted by atomic mass is 10.2. The van der Waals surface area contributed by atoms with Gasteiger partial charge in [0.15, 0.2) is 5.76 Å². The molecular weight excluding hydrogens is 329 g/mol. The van der Waals surface area contributed by atoms with Crippen LogP contribution in [0, 0.1) is 12.7 Å². The van der Waals surface area contributed by atoms with Crippen LogP contribution >= 0.6 is 11.3 Å². The number of nitrogens with zero attached hydrogens (tertiary/aromatic N) is 3. The highest BCUT2D eigenvalue weighted by Crippen LogP contribution is 2.29. The van der Waals surface area contributed by atoms with Crippen molar-refractivity contribution < 1.29 is 8.81 Å². The summed E-state index contributed by atoms with van der Waals surface area (Å²) >= 11 is 1.40. The largest absolute Gasteiger partial charge is 0.463 e. The van der Waals surface area contributed by atoms with E-state index in [2.05, 4.69) is 9.97 Å². The summed E-state index contributed by atoms with van der Waals surface area (Å²) in [5.41, 5.74) is 1.32. The van der Waals surface area contributed by atoms with E-state index in [1.807, 2.05) is 6.92 Å². The van der Waals surface area contributed by atoms with Crippen LogP contribution in [-0.4, -0.2) is 14.5 Å². The molecule has 7 heteroatoms. The van der Waals surface area contributed by atoms with Crippen molar-refractivity contribution in [1.82, 2.24) is 14.5 Å². The Balaban J connectivity index is 1.92. The highest BCUT2D eigenvalue weighted by Gasteiger charge is 2.18. The van der Waals surface area contributed by atoms with Gasteiger partial charge in [0.1, 0.15) is 21.9 Å². The third kappa shape index (κ3) is 2.52. The van der Waals surface area contributed by atoms with E-state index in [0.29, 0.717) is 27.4 Å². The van der Waals surface area contributed by atoms with E-state index in [1.54, 1.807) is 24.3 Å². The Labute approximate surface area is 140 Å². The molecule has 0 aliphatic carbocycles. The zero-order chi connectivity index (χ0) is 16.7. The monoisotopic (exact) mass is 341 g/mol. The molecule has 0 N–H and O–H groups in total. The first-order chi connectivity index (χ1) is 11.6. The average molecular weight is 341 g/mol. The highest BCUT2D eigenvalue weighted by molar-refractivity contribution is 7.18. The smallest absolute Gasteiger partial charge is 0.349 e. The highest BCUT2D eigenvalue weighted by atomic mass is 32.1. The molecule has 4 rings (SSSR count). The number of furan rings is 1. The molecule has 0 unspecified atom stereocenters. The van der Waals surface area contributed by atoms with E-state index in [9.17, 15) is 9.18 Å². The molecule has 1 aromatic carbocycles. The summed E-state index contributed by atoms with van der Waals surface area (Å²) in [6.07, 6.45) is 1.53. The average Bonchev–Trinajstić information content (AvgIpc) is 3.19. The second-order valence-corrected chi connectivity index (χ2v) is 6.50. The second-order valence-electron chi connectivity index (χ2n) is 5.32. The molecular formula is C17H12FN3O2S. The van der Waals surface area contributed by atoms with Gasteiger partial charge in [-0.2, -0.15) is 4.98 Å². The third-order valence-corrected chi connectivity index (χ3v) is 4.60. The molecule has 0 aliphatic heterocycles. The zero-order valence-electron chi connectivity index (χ0n) is 12.7. The van der Waals surface area contributed by atoms with Crippen LogP contribution in [0.15, 0.2) is 51.9 Å².